The van der Waals surface area contributed by atoms with Crippen molar-refractivity contribution < 1.29 is 0 Å². The lowest BCUT2D eigenvalue weighted by molar-refractivity contribution is 0.572. The molecule has 0 fully saturated rings. The predicted octanol–water partition coefficient (Wildman–Crippen LogP) is 3.02. The largest absolute Gasteiger partial charge is 0.362 e. The maximum absolute atomic E-state index is 4.61. The molecule has 2 nitrogen and oxygen atoms in total. The van der Waals surface area contributed by atoms with Crippen LogP contribution in [0.3, 0.4) is 0 Å². The van der Waals surface area contributed by atoms with Crippen LogP contribution >= 0.6 is 27.7 Å². The maximum atomic E-state index is 4.61. The lowest BCUT2D eigenvalue weighted by atomic mass is 10.2. The van der Waals surface area contributed by atoms with Gasteiger partial charge in [0.1, 0.15) is 0 Å². The summed E-state index contributed by atoms with van der Waals surface area (Å²) in [6, 6.07) is 1.03. The fraction of sp³-hybridized carbons (Fsp3) is 0.900. The van der Waals surface area contributed by atoms with Gasteiger partial charge < -0.3 is 5.32 Å². The Morgan fingerprint density at radius 3 is 2.57 bits per heavy atom. The Balaban J connectivity index is 2.43. The number of aliphatic imine (C=N–C) groups is 1. The van der Waals surface area contributed by atoms with Crippen LogP contribution in [0.25, 0.3) is 0 Å². The van der Waals surface area contributed by atoms with E-state index >= 15 is 0 Å². The van der Waals surface area contributed by atoms with Gasteiger partial charge in [0, 0.05) is 16.6 Å². The van der Waals surface area contributed by atoms with Crippen molar-refractivity contribution in [2.75, 3.05) is 5.33 Å². The van der Waals surface area contributed by atoms with Crippen LogP contribution in [0.15, 0.2) is 4.99 Å². The highest BCUT2D eigenvalue weighted by atomic mass is 79.9. The molecule has 1 N–H and O–H groups in total. The number of nitrogens with one attached hydrogen (secondary N) is 1. The number of alkyl halides is 1. The van der Waals surface area contributed by atoms with Crippen LogP contribution in [0.1, 0.15) is 33.6 Å². The topological polar surface area (TPSA) is 24.4 Å². The van der Waals surface area contributed by atoms with Crippen LogP contribution in [-0.4, -0.2) is 27.8 Å². The lowest BCUT2D eigenvalue weighted by Crippen LogP contribution is -2.31. The van der Waals surface area contributed by atoms with Gasteiger partial charge in [-0.3, -0.25) is 4.99 Å². The molecule has 1 heterocycles. The molecule has 0 aliphatic carbocycles. The Hall–Kier alpha value is 0.300. The molecule has 1 rings (SSSR count). The molecule has 0 spiro atoms. The van der Waals surface area contributed by atoms with Gasteiger partial charge in [0.05, 0.1) is 6.04 Å². The number of thioether (sulfide) groups is 1. The van der Waals surface area contributed by atoms with Crippen molar-refractivity contribution in [3.05, 3.63) is 0 Å². The minimum atomic E-state index is 0.441. The zero-order valence-corrected chi connectivity index (χ0v) is 11.5. The molecule has 0 saturated heterocycles. The van der Waals surface area contributed by atoms with Crippen molar-refractivity contribution in [2.24, 2.45) is 4.99 Å². The van der Waals surface area contributed by atoms with Gasteiger partial charge in [0.2, 0.25) is 0 Å². The van der Waals surface area contributed by atoms with E-state index in [0.717, 1.165) is 10.5 Å². The maximum Gasteiger partial charge on any atom is 0.157 e. The van der Waals surface area contributed by atoms with E-state index in [0.29, 0.717) is 17.3 Å². The van der Waals surface area contributed by atoms with Crippen molar-refractivity contribution in [1.29, 1.82) is 0 Å². The molecule has 1 aliphatic heterocycles. The second-order valence-electron chi connectivity index (χ2n) is 3.64. The Morgan fingerprint density at radius 2 is 2.14 bits per heavy atom. The summed E-state index contributed by atoms with van der Waals surface area (Å²) >= 11 is 5.39. The summed E-state index contributed by atoms with van der Waals surface area (Å²) in [7, 11) is 0. The van der Waals surface area contributed by atoms with Gasteiger partial charge >= 0.3 is 0 Å². The van der Waals surface area contributed by atoms with E-state index in [1.54, 1.807) is 0 Å². The number of halogens is 1. The molecule has 1 aliphatic rings. The van der Waals surface area contributed by atoms with E-state index < -0.39 is 0 Å². The highest BCUT2D eigenvalue weighted by molar-refractivity contribution is 9.09. The Bertz CT molecular complexity index is 204. The summed E-state index contributed by atoms with van der Waals surface area (Å²) in [5.41, 5.74) is 0. The molecule has 14 heavy (non-hydrogen) atoms. The summed E-state index contributed by atoms with van der Waals surface area (Å²) in [4.78, 5) is 4.61. The monoisotopic (exact) mass is 278 g/mol. The Labute approximate surface area is 99.5 Å². The van der Waals surface area contributed by atoms with Gasteiger partial charge in [-0.2, -0.15) is 0 Å². The normalized spacial score (nSPS) is 26.8. The Morgan fingerprint density at radius 1 is 1.50 bits per heavy atom. The fourth-order valence-corrected chi connectivity index (χ4v) is 3.45. The minimum Gasteiger partial charge on any atom is -0.362 e. The number of nitrogens with zero attached hydrogens (tertiary/aromatic N) is 1. The van der Waals surface area contributed by atoms with Gasteiger partial charge in [-0.15, -0.1) is 0 Å². The molecule has 0 aromatic rings. The van der Waals surface area contributed by atoms with Crippen LogP contribution in [0.4, 0.5) is 0 Å². The summed E-state index contributed by atoms with van der Waals surface area (Å²) < 4.78 is 0. The highest BCUT2D eigenvalue weighted by Gasteiger charge is 2.26. The smallest absolute Gasteiger partial charge is 0.157 e. The molecule has 0 bridgehead atoms. The first-order valence-electron chi connectivity index (χ1n) is 5.28. The molecule has 4 heteroatoms. The van der Waals surface area contributed by atoms with Crippen molar-refractivity contribution in [3.63, 3.8) is 0 Å². The number of hydrogen-bond acceptors (Lipinski definition) is 3. The van der Waals surface area contributed by atoms with E-state index in [-0.39, 0.29) is 0 Å². The standard InChI is InChI=1S/C10H19BrN2S/c1-4-8(5-2)13-10-12-7(3)9(6-11)14-10/h7-9H,4-6H2,1-3H3,(H,12,13). The molecular formula is C10H19BrN2S. The molecular weight excluding hydrogens is 260 g/mol. The van der Waals surface area contributed by atoms with Crippen LogP contribution in [0.2, 0.25) is 0 Å². The first-order chi connectivity index (χ1) is 6.71. The van der Waals surface area contributed by atoms with Crippen LogP contribution < -0.4 is 5.32 Å². The molecule has 0 radical (unpaired) electrons. The molecule has 0 aromatic carbocycles. The van der Waals surface area contributed by atoms with Crippen molar-refractivity contribution >= 4 is 32.9 Å². The third kappa shape index (κ3) is 3.16. The second kappa shape index (κ2) is 6.01. The lowest BCUT2D eigenvalue weighted by Gasteiger charge is -2.15. The summed E-state index contributed by atoms with van der Waals surface area (Å²) in [6.07, 6.45) is 2.34. The third-order valence-corrected chi connectivity index (χ3v) is 5.02. The van der Waals surface area contributed by atoms with E-state index in [4.69, 9.17) is 0 Å². The first kappa shape index (κ1) is 12.4. The average molecular weight is 279 g/mol. The third-order valence-electron chi connectivity index (χ3n) is 2.59. The van der Waals surface area contributed by atoms with Gasteiger partial charge in [0.15, 0.2) is 5.17 Å². The SMILES string of the molecule is CCC(CC)NC1=NC(C)C(CBr)S1. The van der Waals surface area contributed by atoms with Gasteiger partial charge in [-0.1, -0.05) is 41.5 Å². The van der Waals surface area contributed by atoms with Gasteiger partial charge in [0.25, 0.3) is 0 Å². The Kier molecular flexibility index (Phi) is 5.31. The summed E-state index contributed by atoms with van der Waals surface area (Å²) in [5, 5.41) is 6.26. The molecule has 82 valence electrons. The summed E-state index contributed by atoms with van der Waals surface area (Å²) in [5.74, 6) is 0. The molecule has 0 saturated carbocycles. The highest BCUT2D eigenvalue weighted by Crippen LogP contribution is 2.27. The van der Waals surface area contributed by atoms with E-state index in [2.05, 4.69) is 47.0 Å². The molecule has 0 amide bonds. The zero-order chi connectivity index (χ0) is 10.6. The fourth-order valence-electron chi connectivity index (χ4n) is 1.44. The number of rotatable bonds is 4. The zero-order valence-electron chi connectivity index (χ0n) is 9.09. The van der Waals surface area contributed by atoms with Crippen molar-refractivity contribution in [2.45, 2.75) is 50.9 Å². The minimum absolute atomic E-state index is 0.441. The number of amidine groups is 1. The predicted molar refractivity (Wildman–Crippen MR) is 69.6 cm³/mol. The average Bonchev–Trinajstić information content (AvgIpc) is 2.55. The summed E-state index contributed by atoms with van der Waals surface area (Å²) in [6.45, 7) is 6.61. The quantitative estimate of drug-likeness (QED) is 0.800. The second-order valence-corrected chi connectivity index (χ2v) is 5.52. The number of hydrogen-bond donors (Lipinski definition) is 1. The molecule has 2 unspecified atom stereocenters. The molecule has 0 aromatic heterocycles. The van der Waals surface area contributed by atoms with Crippen LogP contribution in [-0.2, 0) is 0 Å². The van der Waals surface area contributed by atoms with Crippen molar-refractivity contribution in [3.8, 4) is 0 Å². The first-order valence-corrected chi connectivity index (χ1v) is 7.28. The van der Waals surface area contributed by atoms with Crippen LogP contribution in [0, 0.1) is 0 Å². The van der Waals surface area contributed by atoms with Gasteiger partial charge in [-0.25, -0.2) is 0 Å². The van der Waals surface area contributed by atoms with Crippen LogP contribution in [0.5, 0.6) is 0 Å². The van der Waals surface area contributed by atoms with E-state index in [9.17, 15) is 0 Å². The molecule has 2 atom stereocenters. The van der Waals surface area contributed by atoms with Crippen molar-refractivity contribution in [1.82, 2.24) is 5.32 Å². The van der Waals surface area contributed by atoms with E-state index in [1.165, 1.54) is 12.8 Å². The van der Waals surface area contributed by atoms with E-state index in [1.807, 2.05) is 11.8 Å². The van der Waals surface area contributed by atoms with Gasteiger partial charge in [-0.05, 0) is 19.8 Å².